The number of furan rings is 1. The molecule has 5 nitrogen and oxygen atoms in total. The third-order valence-corrected chi connectivity index (χ3v) is 4.34. The standard InChI is InChI=1S/C18H32N4O/c1-3-11-22-12-8-16(9-13-22)15-21-18(19-4-2)20-10-7-17-6-5-14-23-17/h5-6,14,16H,3-4,7-13,15H2,1-2H3,(H2,19,20,21). The predicted molar refractivity (Wildman–Crippen MR) is 95.8 cm³/mol. The number of guanidine groups is 1. The zero-order valence-electron chi connectivity index (χ0n) is 14.7. The first kappa shape index (κ1) is 17.9. The number of piperidine rings is 1. The van der Waals surface area contributed by atoms with Crippen molar-refractivity contribution in [3.05, 3.63) is 24.2 Å². The summed E-state index contributed by atoms with van der Waals surface area (Å²) in [5.74, 6) is 2.66. The maximum absolute atomic E-state index is 5.36. The minimum Gasteiger partial charge on any atom is -0.469 e. The first-order chi connectivity index (χ1) is 11.3. The van der Waals surface area contributed by atoms with E-state index in [9.17, 15) is 0 Å². The number of likely N-dealkylation sites (tertiary alicyclic amines) is 1. The molecular formula is C18H32N4O. The van der Waals surface area contributed by atoms with E-state index in [1.54, 1.807) is 6.26 Å². The molecule has 1 aliphatic heterocycles. The van der Waals surface area contributed by atoms with E-state index in [0.29, 0.717) is 0 Å². The minimum absolute atomic E-state index is 0.726. The highest BCUT2D eigenvalue weighted by Crippen LogP contribution is 2.17. The maximum atomic E-state index is 5.36. The fourth-order valence-electron chi connectivity index (χ4n) is 3.03. The second-order valence-electron chi connectivity index (χ2n) is 6.26. The van der Waals surface area contributed by atoms with Crippen molar-refractivity contribution in [1.29, 1.82) is 0 Å². The summed E-state index contributed by atoms with van der Waals surface area (Å²) in [6.45, 7) is 10.7. The lowest BCUT2D eigenvalue weighted by Gasteiger charge is -2.31. The molecule has 2 rings (SSSR count). The summed E-state index contributed by atoms with van der Waals surface area (Å²) < 4.78 is 5.36. The lowest BCUT2D eigenvalue weighted by Crippen LogP contribution is -2.39. The van der Waals surface area contributed by atoms with Crippen molar-refractivity contribution >= 4 is 5.96 Å². The Kier molecular flexibility index (Phi) is 8.01. The highest BCUT2D eigenvalue weighted by molar-refractivity contribution is 5.79. The summed E-state index contributed by atoms with van der Waals surface area (Å²) in [4.78, 5) is 7.35. The molecule has 1 aromatic rings. The van der Waals surface area contributed by atoms with E-state index in [-0.39, 0.29) is 0 Å². The molecule has 1 saturated heterocycles. The van der Waals surface area contributed by atoms with E-state index in [1.165, 1.54) is 38.9 Å². The summed E-state index contributed by atoms with van der Waals surface area (Å²) in [7, 11) is 0. The summed E-state index contributed by atoms with van der Waals surface area (Å²) in [6.07, 6.45) is 6.41. The van der Waals surface area contributed by atoms with Crippen LogP contribution in [0.2, 0.25) is 0 Å². The van der Waals surface area contributed by atoms with Crippen LogP contribution in [0.4, 0.5) is 0 Å². The third-order valence-electron chi connectivity index (χ3n) is 4.34. The smallest absolute Gasteiger partial charge is 0.191 e. The monoisotopic (exact) mass is 320 g/mol. The molecule has 0 atom stereocenters. The average molecular weight is 320 g/mol. The molecule has 0 spiro atoms. The van der Waals surface area contributed by atoms with Crippen LogP contribution in [-0.4, -0.2) is 50.1 Å². The van der Waals surface area contributed by atoms with Gasteiger partial charge >= 0.3 is 0 Å². The van der Waals surface area contributed by atoms with Gasteiger partial charge in [0.15, 0.2) is 5.96 Å². The highest BCUT2D eigenvalue weighted by Gasteiger charge is 2.18. The Bertz CT molecular complexity index is 436. The van der Waals surface area contributed by atoms with Crippen LogP contribution < -0.4 is 10.6 Å². The largest absolute Gasteiger partial charge is 0.469 e. The van der Waals surface area contributed by atoms with Crippen molar-refractivity contribution < 1.29 is 4.42 Å². The number of aliphatic imine (C=N–C) groups is 1. The number of hydrogen-bond acceptors (Lipinski definition) is 3. The van der Waals surface area contributed by atoms with Crippen LogP contribution in [0, 0.1) is 5.92 Å². The molecule has 23 heavy (non-hydrogen) atoms. The van der Waals surface area contributed by atoms with Gasteiger partial charge in [-0.05, 0) is 63.9 Å². The van der Waals surface area contributed by atoms with E-state index in [4.69, 9.17) is 9.41 Å². The SMILES string of the molecule is CCCN1CCC(CN=C(NCC)NCCc2ccco2)CC1. The fraction of sp³-hybridized carbons (Fsp3) is 0.722. The van der Waals surface area contributed by atoms with Crippen LogP contribution in [-0.2, 0) is 6.42 Å². The zero-order valence-corrected chi connectivity index (χ0v) is 14.7. The lowest BCUT2D eigenvalue weighted by molar-refractivity contribution is 0.188. The van der Waals surface area contributed by atoms with E-state index in [0.717, 1.165) is 43.7 Å². The van der Waals surface area contributed by atoms with Crippen molar-refractivity contribution in [2.75, 3.05) is 39.3 Å². The topological polar surface area (TPSA) is 52.8 Å². The van der Waals surface area contributed by atoms with Crippen LogP contribution in [0.3, 0.4) is 0 Å². The van der Waals surface area contributed by atoms with Crippen molar-refractivity contribution in [2.24, 2.45) is 10.9 Å². The van der Waals surface area contributed by atoms with Crippen LogP contribution in [0.15, 0.2) is 27.8 Å². The van der Waals surface area contributed by atoms with E-state index >= 15 is 0 Å². The molecule has 0 saturated carbocycles. The molecule has 1 aromatic heterocycles. The van der Waals surface area contributed by atoms with Gasteiger partial charge in [-0.2, -0.15) is 0 Å². The van der Waals surface area contributed by atoms with Crippen molar-refractivity contribution in [2.45, 2.75) is 39.5 Å². The van der Waals surface area contributed by atoms with E-state index in [1.807, 2.05) is 12.1 Å². The Morgan fingerprint density at radius 2 is 2.13 bits per heavy atom. The molecule has 0 unspecified atom stereocenters. The first-order valence-corrected chi connectivity index (χ1v) is 9.08. The zero-order chi connectivity index (χ0) is 16.3. The molecule has 0 amide bonds. The quantitative estimate of drug-likeness (QED) is 0.571. The van der Waals surface area contributed by atoms with Gasteiger partial charge in [-0.15, -0.1) is 0 Å². The molecule has 5 heteroatoms. The predicted octanol–water partition coefficient (Wildman–Crippen LogP) is 2.50. The second-order valence-corrected chi connectivity index (χ2v) is 6.26. The van der Waals surface area contributed by atoms with Gasteiger partial charge in [-0.25, -0.2) is 0 Å². The van der Waals surface area contributed by atoms with Gasteiger partial charge in [-0.3, -0.25) is 4.99 Å². The Hall–Kier alpha value is -1.49. The Labute approximate surface area is 140 Å². The molecule has 1 fully saturated rings. The van der Waals surface area contributed by atoms with Gasteiger partial charge in [-0.1, -0.05) is 6.92 Å². The number of nitrogens with one attached hydrogen (secondary N) is 2. The molecule has 0 bridgehead atoms. The van der Waals surface area contributed by atoms with Gasteiger partial charge in [0.2, 0.25) is 0 Å². The summed E-state index contributed by atoms with van der Waals surface area (Å²) in [5, 5.41) is 6.73. The number of hydrogen-bond donors (Lipinski definition) is 2. The molecule has 1 aliphatic rings. The van der Waals surface area contributed by atoms with Crippen LogP contribution >= 0.6 is 0 Å². The average Bonchev–Trinajstić information content (AvgIpc) is 3.07. The molecule has 2 heterocycles. The molecule has 2 N–H and O–H groups in total. The molecule has 0 radical (unpaired) electrons. The Morgan fingerprint density at radius 1 is 1.30 bits per heavy atom. The van der Waals surface area contributed by atoms with E-state index in [2.05, 4.69) is 29.4 Å². The van der Waals surface area contributed by atoms with Crippen LogP contribution in [0.1, 0.15) is 38.9 Å². The number of nitrogens with zero attached hydrogens (tertiary/aromatic N) is 2. The lowest BCUT2D eigenvalue weighted by atomic mass is 9.97. The van der Waals surface area contributed by atoms with E-state index < -0.39 is 0 Å². The van der Waals surface area contributed by atoms with Crippen molar-refractivity contribution in [3.63, 3.8) is 0 Å². The molecule has 0 aliphatic carbocycles. The number of rotatable bonds is 8. The van der Waals surface area contributed by atoms with Gasteiger partial charge in [0.1, 0.15) is 5.76 Å². The van der Waals surface area contributed by atoms with Crippen LogP contribution in [0.5, 0.6) is 0 Å². The van der Waals surface area contributed by atoms with Gasteiger partial charge in [0, 0.05) is 26.1 Å². The van der Waals surface area contributed by atoms with Gasteiger partial charge in [0.05, 0.1) is 6.26 Å². The van der Waals surface area contributed by atoms with Gasteiger partial charge in [0.25, 0.3) is 0 Å². The van der Waals surface area contributed by atoms with Crippen LogP contribution in [0.25, 0.3) is 0 Å². The molecule has 130 valence electrons. The molecular weight excluding hydrogens is 288 g/mol. The van der Waals surface area contributed by atoms with Crippen molar-refractivity contribution in [1.82, 2.24) is 15.5 Å². The van der Waals surface area contributed by atoms with Gasteiger partial charge < -0.3 is 20.0 Å². The third kappa shape index (κ3) is 6.65. The minimum atomic E-state index is 0.726. The maximum Gasteiger partial charge on any atom is 0.191 e. The Morgan fingerprint density at radius 3 is 2.78 bits per heavy atom. The fourth-order valence-corrected chi connectivity index (χ4v) is 3.03. The summed E-state index contributed by atoms with van der Waals surface area (Å²) in [5.41, 5.74) is 0. The summed E-state index contributed by atoms with van der Waals surface area (Å²) >= 11 is 0. The highest BCUT2D eigenvalue weighted by atomic mass is 16.3. The first-order valence-electron chi connectivity index (χ1n) is 9.08. The van der Waals surface area contributed by atoms with Crippen molar-refractivity contribution in [3.8, 4) is 0 Å². The summed E-state index contributed by atoms with van der Waals surface area (Å²) in [6, 6.07) is 3.94. The Balaban J connectivity index is 1.70. The molecule has 0 aromatic carbocycles. The normalized spacial score (nSPS) is 17.4. The second kappa shape index (κ2) is 10.3.